The molecule has 204 valence electrons. The van der Waals surface area contributed by atoms with Crippen molar-refractivity contribution < 1.29 is 46.6 Å². The van der Waals surface area contributed by atoms with Gasteiger partial charge in [0.15, 0.2) is 0 Å². The van der Waals surface area contributed by atoms with Gasteiger partial charge in [-0.15, -0.1) is 0 Å². The fraction of sp³-hybridized carbons (Fsp3) is 0.320. The number of hydrogen-bond acceptors (Lipinski definition) is 10. The van der Waals surface area contributed by atoms with E-state index >= 15 is 0 Å². The third kappa shape index (κ3) is 7.11. The van der Waals surface area contributed by atoms with E-state index < -0.39 is 53.5 Å². The first-order valence-corrected chi connectivity index (χ1v) is 14.0. The molecule has 1 amide bonds. The average molecular weight is 659 g/mol. The van der Waals surface area contributed by atoms with Crippen LogP contribution < -0.4 is 10.5 Å². The monoisotopic (exact) mass is 659 g/mol. The van der Waals surface area contributed by atoms with E-state index in [4.69, 9.17) is 24.1 Å². The molecule has 3 aromatic rings. The molecule has 0 aromatic heterocycles. The fourth-order valence-corrected chi connectivity index (χ4v) is 5.17. The quantitative estimate of drug-likeness (QED) is 0.167. The summed E-state index contributed by atoms with van der Waals surface area (Å²) >= 11 is 2.12. The summed E-state index contributed by atoms with van der Waals surface area (Å²) in [4.78, 5) is 10.7. The van der Waals surface area contributed by atoms with Crippen molar-refractivity contribution >= 4 is 49.6 Å². The number of amides is 1. The molecule has 1 fully saturated rings. The summed E-state index contributed by atoms with van der Waals surface area (Å²) in [6.07, 6.45) is -7.88. The molecule has 1 aliphatic rings. The van der Waals surface area contributed by atoms with Gasteiger partial charge in [-0.3, -0.25) is 4.18 Å². The molecule has 0 radical (unpaired) electrons. The lowest BCUT2D eigenvalue weighted by atomic mass is 9.99. The highest BCUT2D eigenvalue weighted by atomic mass is 127. The Morgan fingerprint density at radius 1 is 0.974 bits per heavy atom. The minimum atomic E-state index is -4.22. The van der Waals surface area contributed by atoms with Crippen LogP contribution in [-0.2, 0) is 28.5 Å². The van der Waals surface area contributed by atoms with Crippen LogP contribution in [0.25, 0.3) is 10.8 Å². The number of carbonyl (C=O) groups is 1. The highest BCUT2D eigenvalue weighted by molar-refractivity contribution is 14.1. The predicted molar refractivity (Wildman–Crippen MR) is 143 cm³/mol. The van der Waals surface area contributed by atoms with Gasteiger partial charge in [-0.05, 0) is 69.8 Å². The van der Waals surface area contributed by atoms with Gasteiger partial charge in [0.1, 0.15) is 36.8 Å². The molecule has 0 aliphatic carbocycles. The zero-order valence-electron chi connectivity index (χ0n) is 19.9. The first-order chi connectivity index (χ1) is 18.1. The number of aliphatic hydroxyl groups excluding tert-OH is 2. The number of benzene rings is 3. The van der Waals surface area contributed by atoms with Crippen molar-refractivity contribution in [3.05, 3.63) is 70.3 Å². The Morgan fingerprint density at radius 3 is 2.39 bits per heavy atom. The van der Waals surface area contributed by atoms with Gasteiger partial charge in [0.05, 0.1) is 18.1 Å². The lowest BCUT2D eigenvalue weighted by Gasteiger charge is -2.41. The molecule has 3 aromatic carbocycles. The second-order valence-corrected chi connectivity index (χ2v) is 11.2. The zero-order valence-corrected chi connectivity index (χ0v) is 22.9. The van der Waals surface area contributed by atoms with Crippen molar-refractivity contribution in [1.29, 1.82) is 0 Å². The van der Waals surface area contributed by atoms with Crippen molar-refractivity contribution in [2.24, 2.45) is 5.73 Å². The molecule has 5 atom stereocenters. The SMILES string of the molecule is NC(=O)OCCO[C@@H]1[C@H](O)[C@H](Oc2ccc(I)cc2)O[C@@H](COS(=O)(=O)c2ccc3ccccc3c2)[C@H]1O. The Bertz CT molecular complexity index is 1350. The van der Waals surface area contributed by atoms with Crippen LogP contribution in [0, 0.1) is 3.57 Å². The number of halogens is 1. The van der Waals surface area contributed by atoms with Gasteiger partial charge in [-0.25, -0.2) is 4.79 Å². The summed E-state index contributed by atoms with van der Waals surface area (Å²) < 4.78 is 53.7. The van der Waals surface area contributed by atoms with Crippen molar-refractivity contribution in [2.75, 3.05) is 19.8 Å². The summed E-state index contributed by atoms with van der Waals surface area (Å²) in [5.41, 5.74) is 4.94. The second kappa shape index (κ2) is 12.5. The molecule has 4 N–H and O–H groups in total. The number of fused-ring (bicyclic) bond motifs is 1. The molecule has 1 aliphatic heterocycles. The van der Waals surface area contributed by atoms with Gasteiger partial charge in [-0.2, -0.15) is 8.42 Å². The summed E-state index contributed by atoms with van der Waals surface area (Å²) in [6.45, 7) is -1.03. The Hall–Kier alpha value is -2.53. The maximum absolute atomic E-state index is 12.9. The molecule has 11 nitrogen and oxygen atoms in total. The highest BCUT2D eigenvalue weighted by Gasteiger charge is 2.47. The van der Waals surface area contributed by atoms with Gasteiger partial charge < -0.3 is 34.9 Å². The standard InChI is InChI=1S/C25H26INO10S/c26-17-6-8-18(9-7-17)36-24-22(29)23(33-11-12-34-25(27)30)21(28)20(37-24)14-35-38(31,32)19-10-5-15-3-1-2-4-16(15)13-19/h1-10,13,20-24,28-29H,11-12,14H2,(H2,27,30)/t20-,21+,22-,23-,24+/m0/s1. The number of ether oxygens (including phenoxy) is 4. The van der Waals surface area contributed by atoms with Crippen LogP contribution in [-0.4, -0.2) is 75.3 Å². The fourth-order valence-electron chi connectivity index (χ4n) is 3.86. The third-order valence-electron chi connectivity index (χ3n) is 5.74. The smallest absolute Gasteiger partial charge is 0.404 e. The summed E-state index contributed by atoms with van der Waals surface area (Å²) in [5.74, 6) is 0.366. The van der Waals surface area contributed by atoms with Gasteiger partial charge >= 0.3 is 6.09 Å². The van der Waals surface area contributed by atoms with E-state index in [2.05, 4.69) is 27.3 Å². The van der Waals surface area contributed by atoms with E-state index in [1.54, 1.807) is 42.5 Å². The van der Waals surface area contributed by atoms with Gasteiger partial charge in [0, 0.05) is 3.57 Å². The minimum absolute atomic E-state index is 0.0652. The lowest BCUT2D eigenvalue weighted by Crippen LogP contribution is -2.61. The van der Waals surface area contributed by atoms with E-state index in [0.717, 1.165) is 8.96 Å². The molecule has 0 spiro atoms. The maximum Gasteiger partial charge on any atom is 0.404 e. The number of rotatable bonds is 10. The first kappa shape index (κ1) is 28.5. The minimum Gasteiger partial charge on any atom is -0.462 e. The number of nitrogens with two attached hydrogens (primary N) is 1. The Kier molecular flexibility index (Phi) is 9.40. The van der Waals surface area contributed by atoms with Gasteiger partial charge in [0.25, 0.3) is 10.1 Å². The number of hydrogen-bond donors (Lipinski definition) is 3. The first-order valence-electron chi connectivity index (χ1n) is 11.5. The molecule has 0 bridgehead atoms. The molecule has 38 heavy (non-hydrogen) atoms. The van der Waals surface area contributed by atoms with Gasteiger partial charge in [0.2, 0.25) is 6.29 Å². The number of carbonyl (C=O) groups excluding carboxylic acids is 1. The Morgan fingerprint density at radius 2 is 1.68 bits per heavy atom. The summed E-state index contributed by atoms with van der Waals surface area (Å²) in [5, 5.41) is 23.3. The molecule has 13 heteroatoms. The van der Waals surface area contributed by atoms with Crippen molar-refractivity contribution in [3.63, 3.8) is 0 Å². The largest absolute Gasteiger partial charge is 0.462 e. The molecular formula is C25H26INO10S. The second-order valence-electron chi connectivity index (χ2n) is 8.35. The molecular weight excluding hydrogens is 633 g/mol. The Labute approximate surface area is 232 Å². The van der Waals surface area contributed by atoms with E-state index in [1.165, 1.54) is 12.1 Å². The summed E-state index contributed by atoms with van der Waals surface area (Å²) in [6, 6.07) is 18.7. The molecule has 0 unspecified atom stereocenters. The number of primary amides is 1. The number of aliphatic hydroxyl groups is 2. The molecule has 1 saturated heterocycles. The predicted octanol–water partition coefficient (Wildman–Crippen LogP) is 2.16. The van der Waals surface area contributed by atoms with Crippen LogP contribution in [0.4, 0.5) is 4.79 Å². The van der Waals surface area contributed by atoms with Crippen LogP contribution in [0.5, 0.6) is 5.75 Å². The topological polar surface area (TPSA) is 164 Å². The van der Waals surface area contributed by atoms with Crippen LogP contribution in [0.1, 0.15) is 0 Å². The average Bonchev–Trinajstić information content (AvgIpc) is 2.90. The van der Waals surface area contributed by atoms with Crippen molar-refractivity contribution in [2.45, 2.75) is 35.6 Å². The molecule has 4 rings (SSSR count). The molecule has 1 heterocycles. The summed E-state index contributed by atoms with van der Waals surface area (Å²) in [7, 11) is -4.22. The van der Waals surface area contributed by atoms with E-state index in [9.17, 15) is 23.4 Å². The highest BCUT2D eigenvalue weighted by Crippen LogP contribution is 2.28. The van der Waals surface area contributed by atoms with Crippen LogP contribution in [0.2, 0.25) is 0 Å². The molecule has 0 saturated carbocycles. The van der Waals surface area contributed by atoms with Crippen LogP contribution in [0.15, 0.2) is 71.6 Å². The van der Waals surface area contributed by atoms with Crippen molar-refractivity contribution in [3.8, 4) is 5.75 Å². The zero-order chi connectivity index (χ0) is 27.3. The third-order valence-corrected chi connectivity index (χ3v) is 7.74. The van der Waals surface area contributed by atoms with Crippen molar-refractivity contribution in [1.82, 2.24) is 0 Å². The van der Waals surface area contributed by atoms with E-state index in [-0.39, 0.29) is 18.1 Å². The van der Waals surface area contributed by atoms with Crippen LogP contribution >= 0.6 is 22.6 Å². The van der Waals surface area contributed by atoms with Crippen LogP contribution in [0.3, 0.4) is 0 Å². The normalized spacial score (nSPS) is 23.7. The van der Waals surface area contributed by atoms with E-state index in [0.29, 0.717) is 11.1 Å². The maximum atomic E-state index is 12.9. The van der Waals surface area contributed by atoms with E-state index in [1.807, 2.05) is 12.1 Å². The van der Waals surface area contributed by atoms with Gasteiger partial charge in [-0.1, -0.05) is 30.3 Å². The Balaban J connectivity index is 1.49. The lowest BCUT2D eigenvalue weighted by molar-refractivity contribution is -0.285.